The Bertz CT molecular complexity index is 564. The molecule has 1 aromatic carbocycles. The first-order valence-electron chi connectivity index (χ1n) is 7.86. The molecule has 23 heavy (non-hydrogen) atoms. The lowest BCUT2D eigenvalue weighted by atomic mass is 9.85. The molecular weight excluding hydrogens is 294 g/mol. The van der Waals surface area contributed by atoms with Crippen LogP contribution in [-0.4, -0.2) is 30.7 Å². The van der Waals surface area contributed by atoms with Crippen molar-refractivity contribution in [2.24, 2.45) is 11.8 Å². The lowest BCUT2D eigenvalue weighted by Crippen LogP contribution is -2.40. The molecule has 1 saturated heterocycles. The van der Waals surface area contributed by atoms with Gasteiger partial charge < -0.3 is 9.47 Å². The number of benzene rings is 1. The van der Waals surface area contributed by atoms with E-state index in [1.165, 1.54) is 7.11 Å². The van der Waals surface area contributed by atoms with Crippen LogP contribution in [0.5, 0.6) is 0 Å². The number of carbonyl (C=O) groups excluding carboxylic acids is 2. The van der Waals surface area contributed by atoms with Crippen molar-refractivity contribution in [2.75, 3.05) is 7.11 Å². The van der Waals surface area contributed by atoms with Gasteiger partial charge in [0.25, 0.3) is 0 Å². The molecule has 0 bridgehead atoms. The lowest BCUT2D eigenvalue weighted by molar-refractivity contribution is -0.158. The van der Waals surface area contributed by atoms with Crippen molar-refractivity contribution in [2.45, 2.75) is 45.4 Å². The fraction of sp³-hybridized carbons (Fsp3) is 0.556. The van der Waals surface area contributed by atoms with Gasteiger partial charge in [0.1, 0.15) is 11.6 Å². The van der Waals surface area contributed by atoms with Crippen LogP contribution in [0, 0.1) is 11.8 Å². The van der Waals surface area contributed by atoms with Gasteiger partial charge in [0.15, 0.2) is 0 Å². The van der Waals surface area contributed by atoms with E-state index in [2.05, 4.69) is 5.32 Å². The van der Waals surface area contributed by atoms with Crippen LogP contribution in [0.15, 0.2) is 30.3 Å². The third kappa shape index (κ3) is 3.91. The molecule has 126 valence electrons. The van der Waals surface area contributed by atoms with E-state index in [-0.39, 0.29) is 23.9 Å². The summed E-state index contributed by atoms with van der Waals surface area (Å²) in [6, 6.07) is 8.82. The Morgan fingerprint density at radius 1 is 1.09 bits per heavy atom. The van der Waals surface area contributed by atoms with E-state index in [0.29, 0.717) is 0 Å². The largest absolute Gasteiger partial charge is 0.469 e. The van der Waals surface area contributed by atoms with Crippen molar-refractivity contribution in [1.82, 2.24) is 5.32 Å². The molecule has 1 fully saturated rings. The van der Waals surface area contributed by atoms with Crippen molar-refractivity contribution < 1.29 is 19.1 Å². The number of rotatable bonds is 3. The highest BCUT2D eigenvalue weighted by Crippen LogP contribution is 2.38. The second kappa shape index (κ2) is 6.71. The zero-order chi connectivity index (χ0) is 17.2. The maximum atomic E-state index is 12.5. The van der Waals surface area contributed by atoms with Crippen molar-refractivity contribution in [3.63, 3.8) is 0 Å². The highest BCUT2D eigenvalue weighted by molar-refractivity contribution is 5.81. The van der Waals surface area contributed by atoms with Gasteiger partial charge in [0, 0.05) is 6.04 Å². The van der Waals surface area contributed by atoms with Gasteiger partial charge in [0.2, 0.25) is 0 Å². The number of nitrogens with one attached hydrogen (secondary N) is 1. The zero-order valence-corrected chi connectivity index (χ0v) is 14.3. The van der Waals surface area contributed by atoms with Gasteiger partial charge >= 0.3 is 11.9 Å². The van der Waals surface area contributed by atoms with Crippen LogP contribution in [-0.2, 0) is 19.1 Å². The predicted molar refractivity (Wildman–Crippen MR) is 86.6 cm³/mol. The molecule has 1 heterocycles. The summed E-state index contributed by atoms with van der Waals surface area (Å²) in [5, 5.41) is 3.27. The molecule has 1 aliphatic rings. The average Bonchev–Trinajstić information content (AvgIpc) is 2.83. The molecule has 1 aromatic rings. The van der Waals surface area contributed by atoms with E-state index >= 15 is 0 Å². The van der Waals surface area contributed by atoms with Crippen LogP contribution in [0.3, 0.4) is 0 Å². The van der Waals surface area contributed by atoms with E-state index in [9.17, 15) is 9.59 Å². The Morgan fingerprint density at radius 3 is 2.22 bits per heavy atom. The standard InChI is InChI=1S/C18H25NO4/c1-11-13(16(20)22-5)15(12-9-7-6-8-10-12)19-14(11)17(21)23-18(2,3)4/h6-11,13-15,19H,1-5H3/t11-,13-,14-,15-/m1/s1. The molecule has 5 nitrogen and oxygen atoms in total. The van der Waals surface area contributed by atoms with E-state index in [0.717, 1.165) is 5.56 Å². The third-order valence-electron chi connectivity index (χ3n) is 4.10. The minimum Gasteiger partial charge on any atom is -0.469 e. The van der Waals surface area contributed by atoms with Gasteiger partial charge in [-0.15, -0.1) is 0 Å². The predicted octanol–water partition coefficient (Wildman–Crippen LogP) is 2.47. The number of hydrogen-bond donors (Lipinski definition) is 1. The lowest BCUT2D eigenvalue weighted by Gasteiger charge is -2.24. The summed E-state index contributed by atoms with van der Waals surface area (Å²) in [7, 11) is 1.37. The van der Waals surface area contributed by atoms with Crippen molar-refractivity contribution in [1.29, 1.82) is 0 Å². The van der Waals surface area contributed by atoms with Crippen molar-refractivity contribution in [3.8, 4) is 0 Å². The fourth-order valence-corrected chi connectivity index (χ4v) is 3.06. The molecule has 0 amide bonds. The van der Waals surface area contributed by atoms with Crippen molar-refractivity contribution >= 4 is 11.9 Å². The van der Waals surface area contributed by atoms with Gasteiger partial charge in [-0.2, -0.15) is 0 Å². The number of carbonyl (C=O) groups is 2. The zero-order valence-electron chi connectivity index (χ0n) is 14.3. The molecule has 0 aromatic heterocycles. The molecule has 4 atom stereocenters. The summed E-state index contributed by atoms with van der Waals surface area (Å²) in [4.78, 5) is 24.7. The Hall–Kier alpha value is -1.88. The van der Waals surface area contributed by atoms with Crippen LogP contribution in [0.4, 0.5) is 0 Å². The average molecular weight is 319 g/mol. The number of methoxy groups -OCH3 is 1. The molecule has 1 aliphatic heterocycles. The quantitative estimate of drug-likeness (QED) is 0.867. The summed E-state index contributed by atoms with van der Waals surface area (Å²) in [6.07, 6.45) is 0. The molecule has 0 unspecified atom stereocenters. The minimum absolute atomic E-state index is 0.220. The normalized spacial score (nSPS) is 27.5. The molecule has 0 aliphatic carbocycles. The number of ether oxygens (including phenoxy) is 2. The summed E-state index contributed by atoms with van der Waals surface area (Å²) in [5.41, 5.74) is 0.394. The smallest absolute Gasteiger partial charge is 0.323 e. The summed E-state index contributed by atoms with van der Waals surface area (Å²) >= 11 is 0. The van der Waals surface area contributed by atoms with Crippen molar-refractivity contribution in [3.05, 3.63) is 35.9 Å². The maximum absolute atomic E-state index is 12.5. The van der Waals surface area contributed by atoms with E-state index in [4.69, 9.17) is 9.47 Å². The van der Waals surface area contributed by atoms with E-state index in [1.54, 1.807) is 0 Å². The summed E-state index contributed by atoms with van der Waals surface area (Å²) in [6.45, 7) is 7.37. The Labute approximate surface area is 137 Å². The second-order valence-corrected chi connectivity index (χ2v) is 6.97. The molecule has 5 heteroatoms. The first kappa shape index (κ1) is 17.5. The van der Waals surface area contributed by atoms with Gasteiger partial charge in [0.05, 0.1) is 13.0 Å². The Morgan fingerprint density at radius 2 is 1.70 bits per heavy atom. The SMILES string of the molecule is COC(=O)[C@@H]1[C@@H](C)[C@H](C(=O)OC(C)(C)C)N[C@@H]1c1ccccc1. The fourth-order valence-electron chi connectivity index (χ4n) is 3.06. The molecule has 1 N–H and O–H groups in total. The Kier molecular flexibility index (Phi) is 5.09. The monoisotopic (exact) mass is 319 g/mol. The molecule has 2 rings (SSSR count). The van der Waals surface area contributed by atoms with E-state index < -0.39 is 17.6 Å². The minimum atomic E-state index is -0.565. The number of hydrogen-bond acceptors (Lipinski definition) is 5. The van der Waals surface area contributed by atoms with E-state index in [1.807, 2.05) is 58.0 Å². The second-order valence-electron chi connectivity index (χ2n) is 6.97. The molecular formula is C18H25NO4. The highest BCUT2D eigenvalue weighted by Gasteiger charge is 2.49. The molecule has 0 saturated carbocycles. The third-order valence-corrected chi connectivity index (χ3v) is 4.10. The maximum Gasteiger partial charge on any atom is 0.323 e. The van der Waals surface area contributed by atoms with Gasteiger partial charge in [-0.05, 0) is 32.3 Å². The van der Waals surface area contributed by atoms with Gasteiger partial charge in [-0.3, -0.25) is 14.9 Å². The first-order chi connectivity index (χ1) is 10.7. The number of esters is 2. The highest BCUT2D eigenvalue weighted by atomic mass is 16.6. The van der Waals surface area contributed by atoms with Gasteiger partial charge in [-0.25, -0.2) is 0 Å². The first-order valence-corrected chi connectivity index (χ1v) is 7.86. The Balaban J connectivity index is 2.28. The van der Waals surface area contributed by atoms with Gasteiger partial charge in [-0.1, -0.05) is 37.3 Å². The van der Waals surface area contributed by atoms with Crippen LogP contribution in [0.2, 0.25) is 0 Å². The molecule has 0 spiro atoms. The van der Waals surface area contributed by atoms with Crippen LogP contribution in [0.25, 0.3) is 0 Å². The van der Waals surface area contributed by atoms with Crippen LogP contribution in [0.1, 0.15) is 39.3 Å². The summed E-state index contributed by atoms with van der Waals surface area (Å²) < 4.78 is 10.4. The molecule has 0 radical (unpaired) electrons. The summed E-state index contributed by atoms with van der Waals surface area (Å²) in [5.74, 6) is -1.30. The topological polar surface area (TPSA) is 64.6 Å². The van der Waals surface area contributed by atoms with Crippen LogP contribution < -0.4 is 5.32 Å². The van der Waals surface area contributed by atoms with Crippen LogP contribution >= 0.6 is 0 Å².